The standard InChI is InChI=1S/C10H8O6/c11-7-3-1-4(8(12)15-7)6-5(2-3)9(13)16-10(6)14/h3-6H,1-2H2. The summed E-state index contributed by atoms with van der Waals surface area (Å²) in [5, 5.41) is 0. The van der Waals surface area contributed by atoms with E-state index in [-0.39, 0.29) is 6.42 Å². The van der Waals surface area contributed by atoms with Crippen molar-refractivity contribution in [2.24, 2.45) is 23.7 Å². The quantitative estimate of drug-likeness (QED) is 0.404. The van der Waals surface area contributed by atoms with Crippen LogP contribution in [0.3, 0.4) is 0 Å². The Morgan fingerprint density at radius 1 is 0.750 bits per heavy atom. The Kier molecular flexibility index (Phi) is 1.72. The van der Waals surface area contributed by atoms with Crippen molar-refractivity contribution in [3.8, 4) is 0 Å². The van der Waals surface area contributed by atoms with E-state index in [4.69, 9.17) is 0 Å². The van der Waals surface area contributed by atoms with Crippen molar-refractivity contribution in [2.45, 2.75) is 12.8 Å². The van der Waals surface area contributed by atoms with E-state index in [0.717, 1.165) is 0 Å². The molecule has 2 bridgehead atoms. The summed E-state index contributed by atoms with van der Waals surface area (Å²) in [5.74, 6) is -5.12. The van der Waals surface area contributed by atoms with Gasteiger partial charge in [-0.2, -0.15) is 0 Å². The topological polar surface area (TPSA) is 86.7 Å². The smallest absolute Gasteiger partial charge is 0.318 e. The van der Waals surface area contributed by atoms with Gasteiger partial charge < -0.3 is 9.47 Å². The maximum atomic E-state index is 11.4. The first-order chi connectivity index (χ1) is 7.58. The second-order valence-electron chi connectivity index (χ2n) is 4.39. The number of rotatable bonds is 0. The molecule has 3 rings (SSSR count). The summed E-state index contributed by atoms with van der Waals surface area (Å²) in [6.45, 7) is 0. The number of fused-ring (bicyclic) bond motifs is 4. The predicted molar refractivity (Wildman–Crippen MR) is 45.4 cm³/mol. The molecule has 0 aromatic rings. The van der Waals surface area contributed by atoms with Crippen molar-refractivity contribution in [2.75, 3.05) is 0 Å². The van der Waals surface area contributed by atoms with Gasteiger partial charge in [0.2, 0.25) is 0 Å². The number of esters is 4. The monoisotopic (exact) mass is 224 g/mol. The van der Waals surface area contributed by atoms with Gasteiger partial charge in [0.15, 0.2) is 0 Å². The summed E-state index contributed by atoms with van der Waals surface area (Å²) >= 11 is 0. The Balaban J connectivity index is 2.00. The van der Waals surface area contributed by atoms with Gasteiger partial charge in [-0.1, -0.05) is 0 Å². The van der Waals surface area contributed by atoms with E-state index in [9.17, 15) is 19.2 Å². The molecule has 3 aliphatic rings. The van der Waals surface area contributed by atoms with Gasteiger partial charge in [0, 0.05) is 0 Å². The van der Waals surface area contributed by atoms with Crippen molar-refractivity contribution in [1.82, 2.24) is 0 Å². The minimum atomic E-state index is -0.746. The average Bonchev–Trinajstić information content (AvgIpc) is 2.52. The van der Waals surface area contributed by atoms with Gasteiger partial charge in [0.05, 0.1) is 23.7 Å². The van der Waals surface area contributed by atoms with Crippen LogP contribution in [-0.4, -0.2) is 23.9 Å². The van der Waals surface area contributed by atoms with Crippen LogP contribution < -0.4 is 0 Å². The van der Waals surface area contributed by atoms with Crippen LogP contribution in [0.5, 0.6) is 0 Å². The number of carbonyl (C=O) groups excluding carboxylic acids is 4. The van der Waals surface area contributed by atoms with Gasteiger partial charge in [-0.15, -0.1) is 0 Å². The van der Waals surface area contributed by atoms with Crippen LogP contribution >= 0.6 is 0 Å². The Labute approximate surface area is 89.9 Å². The molecule has 4 unspecified atom stereocenters. The molecule has 0 aromatic carbocycles. The van der Waals surface area contributed by atoms with E-state index in [2.05, 4.69) is 9.47 Å². The Morgan fingerprint density at radius 2 is 1.25 bits per heavy atom. The zero-order valence-corrected chi connectivity index (χ0v) is 8.17. The molecule has 0 amide bonds. The van der Waals surface area contributed by atoms with Gasteiger partial charge in [0.1, 0.15) is 0 Å². The lowest BCUT2D eigenvalue weighted by Crippen LogP contribution is -2.47. The number of hydrogen-bond acceptors (Lipinski definition) is 6. The van der Waals surface area contributed by atoms with Crippen LogP contribution in [0.4, 0.5) is 0 Å². The fourth-order valence-corrected chi connectivity index (χ4v) is 2.79. The highest BCUT2D eigenvalue weighted by Crippen LogP contribution is 2.46. The number of hydrogen-bond donors (Lipinski definition) is 0. The highest BCUT2D eigenvalue weighted by atomic mass is 16.6. The zero-order chi connectivity index (χ0) is 11.4. The van der Waals surface area contributed by atoms with Crippen LogP contribution in [-0.2, 0) is 28.7 Å². The van der Waals surface area contributed by atoms with Gasteiger partial charge >= 0.3 is 23.9 Å². The maximum Gasteiger partial charge on any atom is 0.318 e. The summed E-state index contributed by atoms with van der Waals surface area (Å²) in [5.41, 5.74) is 0. The summed E-state index contributed by atoms with van der Waals surface area (Å²) in [4.78, 5) is 45.5. The molecule has 84 valence electrons. The van der Waals surface area contributed by atoms with Crippen molar-refractivity contribution in [3.05, 3.63) is 0 Å². The molecule has 6 heteroatoms. The SMILES string of the molecule is O=C1OC(=O)C2CC1CC1C(=O)OC(=O)C21. The van der Waals surface area contributed by atoms with Crippen LogP contribution in [0, 0.1) is 23.7 Å². The summed E-state index contributed by atoms with van der Waals surface area (Å²) in [7, 11) is 0. The molecule has 2 saturated heterocycles. The predicted octanol–water partition coefficient (Wildman–Crippen LogP) is -0.588. The zero-order valence-electron chi connectivity index (χ0n) is 8.17. The normalized spacial score (nSPS) is 41.5. The lowest BCUT2D eigenvalue weighted by atomic mass is 9.67. The minimum Gasteiger partial charge on any atom is -0.393 e. The molecule has 0 N–H and O–H groups in total. The van der Waals surface area contributed by atoms with Crippen LogP contribution in [0.25, 0.3) is 0 Å². The van der Waals surface area contributed by atoms with Crippen LogP contribution in [0.1, 0.15) is 12.8 Å². The van der Waals surface area contributed by atoms with Crippen molar-refractivity contribution >= 4 is 23.9 Å². The van der Waals surface area contributed by atoms with Crippen LogP contribution in [0.15, 0.2) is 0 Å². The Hall–Kier alpha value is -1.72. The Bertz CT molecular complexity index is 425. The molecular formula is C10H8O6. The molecule has 0 aromatic heterocycles. The molecule has 1 aliphatic carbocycles. The first-order valence-corrected chi connectivity index (χ1v) is 5.09. The highest BCUT2D eigenvalue weighted by molar-refractivity contribution is 6.02. The largest absolute Gasteiger partial charge is 0.393 e. The average molecular weight is 224 g/mol. The van der Waals surface area contributed by atoms with Gasteiger partial charge in [0.25, 0.3) is 0 Å². The molecule has 1 saturated carbocycles. The third kappa shape index (κ3) is 1.07. The lowest BCUT2D eigenvalue weighted by molar-refractivity contribution is -0.179. The molecular weight excluding hydrogens is 216 g/mol. The third-order valence-corrected chi connectivity index (χ3v) is 3.56. The molecule has 4 atom stereocenters. The maximum absolute atomic E-state index is 11.4. The lowest BCUT2D eigenvalue weighted by Gasteiger charge is -2.35. The fourth-order valence-electron chi connectivity index (χ4n) is 2.79. The third-order valence-electron chi connectivity index (χ3n) is 3.56. The Morgan fingerprint density at radius 3 is 1.81 bits per heavy atom. The van der Waals surface area contributed by atoms with E-state index < -0.39 is 47.5 Å². The fraction of sp³-hybridized carbons (Fsp3) is 0.600. The molecule has 6 nitrogen and oxygen atoms in total. The number of cyclic esters (lactones) is 4. The first-order valence-electron chi connectivity index (χ1n) is 5.09. The van der Waals surface area contributed by atoms with Gasteiger partial charge in [-0.25, -0.2) is 0 Å². The summed E-state index contributed by atoms with van der Waals surface area (Å²) < 4.78 is 9.05. The molecule has 2 heterocycles. The molecule has 0 spiro atoms. The highest BCUT2D eigenvalue weighted by Gasteiger charge is 2.58. The van der Waals surface area contributed by atoms with E-state index in [1.54, 1.807) is 0 Å². The molecule has 2 aliphatic heterocycles. The van der Waals surface area contributed by atoms with Crippen LogP contribution in [0.2, 0.25) is 0 Å². The molecule has 0 radical (unpaired) electrons. The van der Waals surface area contributed by atoms with Gasteiger partial charge in [-0.05, 0) is 12.8 Å². The van der Waals surface area contributed by atoms with E-state index in [1.807, 2.05) is 0 Å². The first kappa shape index (κ1) is 9.50. The molecule has 3 fully saturated rings. The van der Waals surface area contributed by atoms with E-state index >= 15 is 0 Å². The summed E-state index contributed by atoms with van der Waals surface area (Å²) in [6, 6.07) is 0. The van der Waals surface area contributed by atoms with Gasteiger partial charge in [-0.3, -0.25) is 19.2 Å². The molecule has 16 heavy (non-hydrogen) atoms. The second-order valence-corrected chi connectivity index (χ2v) is 4.39. The van der Waals surface area contributed by atoms with Crippen molar-refractivity contribution in [3.63, 3.8) is 0 Å². The van der Waals surface area contributed by atoms with E-state index in [0.29, 0.717) is 6.42 Å². The van der Waals surface area contributed by atoms with Crippen molar-refractivity contribution < 1.29 is 28.7 Å². The minimum absolute atomic E-state index is 0.248. The van der Waals surface area contributed by atoms with E-state index in [1.165, 1.54) is 0 Å². The second kappa shape index (κ2) is 2.90. The number of carbonyl (C=O) groups is 4. The number of ether oxygens (including phenoxy) is 2. The summed E-state index contributed by atoms with van der Waals surface area (Å²) in [6.07, 6.45) is 0.541. The van der Waals surface area contributed by atoms with Crippen molar-refractivity contribution in [1.29, 1.82) is 0 Å².